The van der Waals surface area contributed by atoms with E-state index in [0.717, 1.165) is 36.0 Å². The molecule has 1 aliphatic heterocycles. The van der Waals surface area contributed by atoms with Gasteiger partial charge in [0.1, 0.15) is 17.4 Å². The van der Waals surface area contributed by atoms with E-state index in [-0.39, 0.29) is 0 Å². The number of pyridine rings is 1. The molecule has 0 amide bonds. The number of aromatic nitrogens is 3. The maximum absolute atomic E-state index is 11.3. The van der Waals surface area contributed by atoms with E-state index in [9.17, 15) is 4.79 Å². The fourth-order valence-corrected chi connectivity index (χ4v) is 2.36. The molecule has 1 aliphatic rings. The average molecular weight is 268 g/mol. The lowest BCUT2D eigenvalue weighted by atomic mass is 10.1. The Hall–Kier alpha value is -2.30. The number of anilines is 1. The van der Waals surface area contributed by atoms with Crippen molar-refractivity contribution < 1.29 is 4.79 Å². The number of nitrogens with zero attached hydrogens (tertiary/aromatic N) is 4. The number of carbonyl (C=O) groups is 1. The zero-order chi connectivity index (χ0) is 13.9. The molecule has 1 saturated heterocycles. The molecule has 0 unspecified atom stereocenters. The second-order valence-electron chi connectivity index (χ2n) is 4.93. The Morgan fingerprint density at radius 1 is 1.20 bits per heavy atom. The normalized spacial score (nSPS) is 15.4. The van der Waals surface area contributed by atoms with Gasteiger partial charge in [-0.05, 0) is 19.1 Å². The molecule has 5 nitrogen and oxygen atoms in total. The Bertz CT molecular complexity index is 617. The van der Waals surface area contributed by atoms with Gasteiger partial charge in [0.15, 0.2) is 0 Å². The van der Waals surface area contributed by atoms with E-state index in [0.29, 0.717) is 18.6 Å². The number of hydrogen-bond donors (Lipinski definition) is 0. The Morgan fingerprint density at radius 2 is 2.00 bits per heavy atom. The third kappa shape index (κ3) is 2.66. The molecule has 1 fully saturated rings. The number of hydrogen-bond acceptors (Lipinski definition) is 5. The lowest BCUT2D eigenvalue weighted by Gasteiger charge is -2.27. The molecular weight excluding hydrogens is 252 g/mol. The molecule has 0 saturated carbocycles. The minimum Gasteiger partial charge on any atom is -0.356 e. The Morgan fingerprint density at radius 3 is 2.70 bits per heavy atom. The summed E-state index contributed by atoms with van der Waals surface area (Å²) in [5.74, 6) is 1.96. The predicted octanol–water partition coefficient (Wildman–Crippen LogP) is 2.02. The van der Waals surface area contributed by atoms with Gasteiger partial charge in [-0.2, -0.15) is 0 Å². The van der Waals surface area contributed by atoms with Crippen molar-refractivity contribution in [3.63, 3.8) is 0 Å². The van der Waals surface area contributed by atoms with Crippen molar-refractivity contribution in [2.45, 2.75) is 19.8 Å². The first-order valence-corrected chi connectivity index (χ1v) is 6.75. The Labute approximate surface area is 117 Å². The smallest absolute Gasteiger partial charge is 0.136 e. The molecule has 3 heterocycles. The van der Waals surface area contributed by atoms with Crippen LogP contribution in [0, 0.1) is 6.92 Å². The summed E-state index contributed by atoms with van der Waals surface area (Å²) in [4.78, 5) is 26.6. The minimum atomic E-state index is 0.333. The highest BCUT2D eigenvalue weighted by Crippen LogP contribution is 2.22. The van der Waals surface area contributed by atoms with E-state index < -0.39 is 0 Å². The molecule has 3 rings (SSSR count). The van der Waals surface area contributed by atoms with Crippen LogP contribution in [-0.2, 0) is 4.79 Å². The fourth-order valence-electron chi connectivity index (χ4n) is 2.36. The van der Waals surface area contributed by atoms with Gasteiger partial charge in [-0.1, -0.05) is 0 Å². The van der Waals surface area contributed by atoms with Crippen LogP contribution in [0.1, 0.15) is 18.7 Å². The second kappa shape index (κ2) is 5.36. The quantitative estimate of drug-likeness (QED) is 0.834. The van der Waals surface area contributed by atoms with Gasteiger partial charge in [-0.3, -0.25) is 9.78 Å². The van der Waals surface area contributed by atoms with Crippen molar-refractivity contribution in [2.75, 3.05) is 18.0 Å². The van der Waals surface area contributed by atoms with Crippen LogP contribution in [0.5, 0.6) is 0 Å². The van der Waals surface area contributed by atoms with E-state index in [1.54, 1.807) is 12.4 Å². The molecule has 0 radical (unpaired) electrons. The molecule has 0 aromatic carbocycles. The van der Waals surface area contributed by atoms with Crippen LogP contribution in [0.15, 0.2) is 30.6 Å². The van der Waals surface area contributed by atoms with Crippen LogP contribution in [0.4, 0.5) is 5.82 Å². The van der Waals surface area contributed by atoms with Gasteiger partial charge in [0.05, 0.1) is 5.69 Å². The van der Waals surface area contributed by atoms with Crippen LogP contribution in [0.2, 0.25) is 0 Å². The Kier molecular flexibility index (Phi) is 3.41. The average Bonchev–Trinajstić information content (AvgIpc) is 2.48. The van der Waals surface area contributed by atoms with Gasteiger partial charge in [0.2, 0.25) is 0 Å². The summed E-state index contributed by atoms with van der Waals surface area (Å²) in [6.45, 7) is 3.36. The van der Waals surface area contributed by atoms with Gasteiger partial charge < -0.3 is 4.90 Å². The van der Waals surface area contributed by atoms with E-state index in [4.69, 9.17) is 0 Å². The maximum atomic E-state index is 11.3. The third-order valence-electron chi connectivity index (χ3n) is 3.43. The lowest BCUT2D eigenvalue weighted by molar-refractivity contribution is -0.119. The largest absolute Gasteiger partial charge is 0.356 e. The molecule has 102 valence electrons. The van der Waals surface area contributed by atoms with Crippen LogP contribution < -0.4 is 4.90 Å². The zero-order valence-electron chi connectivity index (χ0n) is 11.4. The van der Waals surface area contributed by atoms with Crippen LogP contribution in [0.25, 0.3) is 11.3 Å². The lowest BCUT2D eigenvalue weighted by Crippen LogP contribution is -2.34. The van der Waals surface area contributed by atoms with E-state index >= 15 is 0 Å². The van der Waals surface area contributed by atoms with Crippen molar-refractivity contribution in [1.82, 2.24) is 15.0 Å². The van der Waals surface area contributed by atoms with Crippen molar-refractivity contribution >= 4 is 11.6 Å². The van der Waals surface area contributed by atoms with Crippen molar-refractivity contribution in [3.8, 4) is 11.3 Å². The monoisotopic (exact) mass is 268 g/mol. The number of rotatable bonds is 2. The molecule has 0 bridgehead atoms. The van der Waals surface area contributed by atoms with Crippen LogP contribution >= 0.6 is 0 Å². The van der Waals surface area contributed by atoms with Crippen molar-refractivity contribution in [2.24, 2.45) is 0 Å². The highest BCUT2D eigenvalue weighted by atomic mass is 16.1. The molecule has 0 spiro atoms. The summed E-state index contributed by atoms with van der Waals surface area (Å²) in [7, 11) is 0. The van der Waals surface area contributed by atoms with Gasteiger partial charge in [-0.15, -0.1) is 0 Å². The first-order chi connectivity index (χ1) is 9.72. The number of carbonyl (C=O) groups excluding carboxylic acids is 1. The minimum absolute atomic E-state index is 0.333. The summed E-state index contributed by atoms with van der Waals surface area (Å²) in [5.41, 5.74) is 1.85. The summed E-state index contributed by atoms with van der Waals surface area (Å²) in [5, 5.41) is 0. The number of aryl methyl sites for hydroxylation is 1. The molecule has 0 aliphatic carbocycles. The number of ketones is 1. The van der Waals surface area contributed by atoms with E-state index in [2.05, 4.69) is 19.9 Å². The molecule has 0 atom stereocenters. The molecule has 2 aromatic heterocycles. The van der Waals surface area contributed by atoms with Gasteiger partial charge in [0, 0.05) is 50.0 Å². The zero-order valence-corrected chi connectivity index (χ0v) is 11.4. The molecular formula is C15H16N4O. The number of piperidine rings is 1. The summed E-state index contributed by atoms with van der Waals surface area (Å²) >= 11 is 0. The van der Waals surface area contributed by atoms with Crippen molar-refractivity contribution in [1.29, 1.82) is 0 Å². The van der Waals surface area contributed by atoms with Crippen LogP contribution in [0.3, 0.4) is 0 Å². The highest BCUT2D eigenvalue weighted by Gasteiger charge is 2.18. The summed E-state index contributed by atoms with van der Waals surface area (Å²) in [6, 6.07) is 5.85. The first kappa shape index (κ1) is 12.7. The molecule has 2 aromatic rings. The fraction of sp³-hybridized carbons (Fsp3) is 0.333. The molecule has 0 N–H and O–H groups in total. The predicted molar refractivity (Wildman–Crippen MR) is 76.5 cm³/mol. The van der Waals surface area contributed by atoms with Crippen LogP contribution in [-0.4, -0.2) is 33.8 Å². The topological polar surface area (TPSA) is 59.0 Å². The van der Waals surface area contributed by atoms with Gasteiger partial charge in [-0.25, -0.2) is 9.97 Å². The Balaban J connectivity index is 1.93. The van der Waals surface area contributed by atoms with Gasteiger partial charge >= 0.3 is 0 Å². The SMILES string of the molecule is Cc1nc(-c2cccnc2)cc(N2CCC(=O)CC2)n1. The maximum Gasteiger partial charge on any atom is 0.136 e. The standard InChI is InChI=1S/C15H16N4O/c1-11-17-14(12-3-2-6-16-10-12)9-15(18-11)19-7-4-13(20)5-8-19/h2-3,6,9-10H,4-5,7-8H2,1H3. The third-order valence-corrected chi connectivity index (χ3v) is 3.43. The summed E-state index contributed by atoms with van der Waals surface area (Å²) in [6.07, 6.45) is 4.75. The second-order valence-corrected chi connectivity index (χ2v) is 4.93. The highest BCUT2D eigenvalue weighted by molar-refractivity contribution is 5.81. The summed E-state index contributed by atoms with van der Waals surface area (Å²) < 4.78 is 0. The van der Waals surface area contributed by atoms with E-state index in [1.165, 1.54) is 0 Å². The van der Waals surface area contributed by atoms with Crippen molar-refractivity contribution in [3.05, 3.63) is 36.4 Å². The van der Waals surface area contributed by atoms with Gasteiger partial charge in [0.25, 0.3) is 0 Å². The van der Waals surface area contributed by atoms with E-state index in [1.807, 2.05) is 25.1 Å². The molecule has 5 heteroatoms. The number of Topliss-reactive ketones (excluding diaryl/α,β-unsaturated/α-hetero) is 1. The molecule has 20 heavy (non-hydrogen) atoms. The first-order valence-electron chi connectivity index (χ1n) is 6.75.